The van der Waals surface area contributed by atoms with E-state index < -0.39 is 0 Å². The number of rotatable bonds is 6. The third-order valence-electron chi connectivity index (χ3n) is 5.87. The van der Waals surface area contributed by atoms with Crippen LogP contribution in [-0.2, 0) is 4.74 Å². The summed E-state index contributed by atoms with van der Waals surface area (Å²) in [4.78, 5) is 2.35. The Balaban J connectivity index is 0.00000145. The van der Waals surface area contributed by atoms with E-state index in [1.807, 2.05) is 26.8 Å². The number of nitrogens with zero attached hydrogens (tertiary/aromatic N) is 1. The van der Waals surface area contributed by atoms with Crippen molar-refractivity contribution in [3.05, 3.63) is 47.2 Å². The minimum atomic E-state index is 0.325. The molecule has 0 aromatic carbocycles. The number of hydrogen-bond acceptors (Lipinski definition) is 3. The molecule has 29 heavy (non-hydrogen) atoms. The Morgan fingerprint density at radius 3 is 2.79 bits per heavy atom. The molecule has 2 unspecified atom stereocenters. The van der Waals surface area contributed by atoms with Crippen molar-refractivity contribution in [3.8, 4) is 0 Å². The van der Waals surface area contributed by atoms with Gasteiger partial charge in [0, 0.05) is 31.0 Å². The summed E-state index contributed by atoms with van der Waals surface area (Å²) in [7, 11) is 0. The van der Waals surface area contributed by atoms with Gasteiger partial charge in [-0.05, 0) is 64.4 Å². The summed E-state index contributed by atoms with van der Waals surface area (Å²) < 4.78 is 6.04. The van der Waals surface area contributed by atoms with Crippen molar-refractivity contribution in [2.24, 2.45) is 0 Å². The summed E-state index contributed by atoms with van der Waals surface area (Å²) >= 11 is 0. The van der Waals surface area contributed by atoms with Gasteiger partial charge in [-0.25, -0.2) is 0 Å². The van der Waals surface area contributed by atoms with E-state index in [1.54, 1.807) is 0 Å². The van der Waals surface area contributed by atoms with E-state index in [9.17, 15) is 0 Å². The minimum absolute atomic E-state index is 0.325. The Kier molecular flexibility index (Phi) is 9.72. The molecule has 0 spiro atoms. The molecule has 0 bridgehead atoms. The van der Waals surface area contributed by atoms with Gasteiger partial charge in [-0.15, -0.1) is 0 Å². The van der Waals surface area contributed by atoms with Gasteiger partial charge in [-0.3, -0.25) is 5.41 Å². The van der Waals surface area contributed by atoms with Gasteiger partial charge in [-0.2, -0.15) is 0 Å². The Morgan fingerprint density at radius 2 is 2.03 bits per heavy atom. The zero-order valence-electron chi connectivity index (χ0n) is 19.0. The lowest BCUT2D eigenvalue weighted by Gasteiger charge is -2.33. The van der Waals surface area contributed by atoms with Gasteiger partial charge in [0.05, 0.1) is 12.1 Å². The van der Waals surface area contributed by atoms with Crippen LogP contribution in [0.1, 0.15) is 72.6 Å². The van der Waals surface area contributed by atoms with Crippen LogP contribution in [0.15, 0.2) is 47.2 Å². The van der Waals surface area contributed by atoms with Gasteiger partial charge in [0.2, 0.25) is 0 Å². The Labute approximate surface area is 178 Å². The molecule has 3 aliphatic rings. The predicted molar refractivity (Wildman–Crippen MR) is 124 cm³/mol. The quantitative estimate of drug-likeness (QED) is 0.340. The van der Waals surface area contributed by atoms with E-state index in [0.717, 1.165) is 69.6 Å². The molecule has 1 saturated carbocycles. The van der Waals surface area contributed by atoms with Crippen LogP contribution in [-0.4, -0.2) is 42.6 Å². The fourth-order valence-corrected chi connectivity index (χ4v) is 4.65. The maximum absolute atomic E-state index is 8.94. The SMILES string of the molecule is C=C(/C=C(C)\C=C/C)CNC1=C(C(=N)N2CCCOC3CCCC32)CCC1.CC. The minimum Gasteiger partial charge on any atom is -0.384 e. The normalized spacial score (nSPS) is 24.8. The lowest BCUT2D eigenvalue weighted by atomic mass is 10.1. The van der Waals surface area contributed by atoms with Gasteiger partial charge < -0.3 is 15.0 Å². The van der Waals surface area contributed by atoms with E-state index in [1.165, 1.54) is 23.3 Å². The van der Waals surface area contributed by atoms with Gasteiger partial charge >= 0.3 is 0 Å². The summed E-state index contributed by atoms with van der Waals surface area (Å²) in [5, 5.41) is 12.5. The van der Waals surface area contributed by atoms with Crippen LogP contribution < -0.4 is 5.32 Å². The van der Waals surface area contributed by atoms with Crippen LogP contribution in [0.2, 0.25) is 0 Å². The maximum atomic E-state index is 8.94. The van der Waals surface area contributed by atoms with E-state index >= 15 is 0 Å². The molecule has 3 rings (SSSR count). The van der Waals surface area contributed by atoms with E-state index in [-0.39, 0.29) is 0 Å². The Hall–Kier alpha value is -1.81. The molecule has 2 N–H and O–H groups in total. The summed E-state index contributed by atoms with van der Waals surface area (Å²) in [5.41, 5.74) is 4.76. The number of allylic oxidation sites excluding steroid dienone is 4. The molecule has 4 nitrogen and oxygen atoms in total. The first kappa shape index (κ1) is 23.5. The smallest absolute Gasteiger partial charge is 0.125 e. The van der Waals surface area contributed by atoms with Gasteiger partial charge in [-0.1, -0.05) is 44.2 Å². The molecule has 0 aromatic heterocycles. The molecule has 2 atom stereocenters. The molecule has 1 aliphatic heterocycles. The van der Waals surface area contributed by atoms with Crippen molar-refractivity contribution in [3.63, 3.8) is 0 Å². The summed E-state index contributed by atoms with van der Waals surface area (Å²) in [5.74, 6) is 0.739. The highest BCUT2D eigenvalue weighted by Gasteiger charge is 2.37. The van der Waals surface area contributed by atoms with Crippen molar-refractivity contribution in [1.82, 2.24) is 10.2 Å². The molecule has 162 valence electrons. The maximum Gasteiger partial charge on any atom is 0.125 e. The first-order valence-electron chi connectivity index (χ1n) is 11.5. The lowest BCUT2D eigenvalue weighted by molar-refractivity contribution is 0.0450. The second-order valence-electron chi connectivity index (χ2n) is 8.01. The monoisotopic (exact) mass is 399 g/mol. The lowest BCUT2D eigenvalue weighted by Crippen LogP contribution is -2.44. The molecule has 2 aliphatic carbocycles. The highest BCUT2D eigenvalue weighted by molar-refractivity contribution is 5.97. The van der Waals surface area contributed by atoms with Gasteiger partial charge in [0.15, 0.2) is 0 Å². The van der Waals surface area contributed by atoms with Crippen molar-refractivity contribution in [2.45, 2.75) is 84.8 Å². The first-order valence-corrected chi connectivity index (χ1v) is 11.5. The second kappa shape index (κ2) is 12.0. The van der Waals surface area contributed by atoms with Crippen LogP contribution in [0.4, 0.5) is 0 Å². The predicted octanol–water partition coefficient (Wildman–Crippen LogP) is 5.74. The number of amidine groups is 1. The molecule has 4 heteroatoms. The number of nitrogens with one attached hydrogen (secondary N) is 2. The molecule has 1 saturated heterocycles. The van der Waals surface area contributed by atoms with Crippen LogP contribution in [0.25, 0.3) is 0 Å². The average Bonchev–Trinajstić information content (AvgIpc) is 3.33. The van der Waals surface area contributed by atoms with Gasteiger partial charge in [0.25, 0.3) is 0 Å². The van der Waals surface area contributed by atoms with Crippen LogP contribution in [0.5, 0.6) is 0 Å². The van der Waals surface area contributed by atoms with Crippen LogP contribution >= 0.6 is 0 Å². The zero-order chi connectivity index (χ0) is 21.2. The zero-order valence-corrected chi connectivity index (χ0v) is 19.0. The fourth-order valence-electron chi connectivity index (χ4n) is 4.65. The number of ether oxygens (including phenoxy) is 1. The Bertz CT molecular complexity index is 659. The summed E-state index contributed by atoms with van der Waals surface area (Å²) in [6, 6.07) is 0.399. The van der Waals surface area contributed by atoms with Crippen molar-refractivity contribution < 1.29 is 4.74 Å². The highest BCUT2D eigenvalue weighted by atomic mass is 16.5. The summed E-state index contributed by atoms with van der Waals surface area (Å²) in [6.07, 6.45) is 14.3. The van der Waals surface area contributed by atoms with Crippen LogP contribution in [0, 0.1) is 5.41 Å². The van der Waals surface area contributed by atoms with Crippen molar-refractivity contribution in [1.29, 1.82) is 5.41 Å². The molecule has 0 aromatic rings. The third-order valence-corrected chi connectivity index (χ3v) is 5.87. The molecule has 0 amide bonds. The topological polar surface area (TPSA) is 48.4 Å². The van der Waals surface area contributed by atoms with Crippen molar-refractivity contribution >= 4 is 5.84 Å². The molecular formula is C25H41N3O. The molecule has 0 radical (unpaired) electrons. The molecule has 2 fully saturated rings. The largest absolute Gasteiger partial charge is 0.384 e. The van der Waals surface area contributed by atoms with E-state index in [2.05, 4.69) is 35.9 Å². The highest BCUT2D eigenvalue weighted by Crippen LogP contribution is 2.33. The average molecular weight is 400 g/mol. The second-order valence-corrected chi connectivity index (χ2v) is 8.01. The van der Waals surface area contributed by atoms with E-state index in [0.29, 0.717) is 12.1 Å². The van der Waals surface area contributed by atoms with Crippen molar-refractivity contribution in [2.75, 3.05) is 19.7 Å². The third kappa shape index (κ3) is 6.33. The first-order chi connectivity index (χ1) is 14.1. The fraction of sp³-hybridized carbons (Fsp3) is 0.640. The van der Waals surface area contributed by atoms with Gasteiger partial charge in [0.1, 0.15) is 5.84 Å². The molecular weight excluding hydrogens is 358 g/mol. The van der Waals surface area contributed by atoms with Crippen LogP contribution in [0.3, 0.4) is 0 Å². The number of fused-ring (bicyclic) bond motifs is 1. The standard InChI is InChI=1S/C23H35N3O.C2H6/c1-4-8-17(2)15-18(3)16-25-20-10-5-9-19(20)23(24)26-13-7-14-27-22-12-6-11-21(22)26;1-2/h4,8,15,21-22,24-25H,3,5-7,9-14,16H2,1-2H3;1-2H3/b8-4-,17-15-,24-23?;. The Morgan fingerprint density at radius 1 is 1.24 bits per heavy atom. The molecule has 1 heterocycles. The van der Waals surface area contributed by atoms with E-state index in [4.69, 9.17) is 10.1 Å². The summed E-state index contributed by atoms with van der Waals surface area (Å²) in [6.45, 7) is 14.8. The number of hydrogen-bond donors (Lipinski definition) is 2.